The summed E-state index contributed by atoms with van der Waals surface area (Å²) >= 11 is 0. The second-order valence-corrected chi connectivity index (χ2v) is 3.15. The van der Waals surface area contributed by atoms with Gasteiger partial charge in [0.15, 0.2) is 0 Å². The van der Waals surface area contributed by atoms with Gasteiger partial charge < -0.3 is 16.0 Å². The number of carbonyl (C=O) groups is 2. The SMILES string of the molecule is C=CCN1C(=O)N=C(N)C1CC(=O)NC. The first-order chi connectivity index (χ1) is 7.10. The number of aliphatic imine (C=N–C) groups is 1. The maximum absolute atomic E-state index is 11.3. The van der Waals surface area contributed by atoms with Crippen molar-refractivity contribution in [2.24, 2.45) is 10.7 Å². The average molecular weight is 210 g/mol. The number of hydrogen-bond acceptors (Lipinski definition) is 3. The first-order valence-electron chi connectivity index (χ1n) is 4.56. The molecule has 0 aromatic rings. The van der Waals surface area contributed by atoms with Gasteiger partial charge in [-0.2, -0.15) is 4.99 Å². The minimum atomic E-state index is -0.449. The average Bonchev–Trinajstić information content (AvgIpc) is 2.45. The molecule has 1 heterocycles. The summed E-state index contributed by atoms with van der Waals surface area (Å²) in [6.07, 6.45) is 1.70. The lowest BCUT2D eigenvalue weighted by Crippen LogP contribution is -2.43. The van der Waals surface area contributed by atoms with E-state index in [1.807, 2.05) is 0 Å². The molecule has 0 spiro atoms. The van der Waals surface area contributed by atoms with E-state index in [0.717, 1.165) is 0 Å². The van der Waals surface area contributed by atoms with Gasteiger partial charge >= 0.3 is 6.03 Å². The minimum absolute atomic E-state index is 0.130. The molecule has 15 heavy (non-hydrogen) atoms. The molecule has 1 aliphatic rings. The Morgan fingerprint density at radius 1 is 1.80 bits per heavy atom. The number of amides is 3. The van der Waals surface area contributed by atoms with Gasteiger partial charge in [-0.3, -0.25) is 4.79 Å². The predicted molar refractivity (Wildman–Crippen MR) is 56.4 cm³/mol. The van der Waals surface area contributed by atoms with E-state index in [1.165, 1.54) is 11.9 Å². The summed E-state index contributed by atoms with van der Waals surface area (Å²) < 4.78 is 0. The molecule has 1 atom stereocenters. The summed E-state index contributed by atoms with van der Waals surface area (Å²) in [5.41, 5.74) is 5.57. The van der Waals surface area contributed by atoms with E-state index in [1.54, 1.807) is 6.08 Å². The number of nitrogens with two attached hydrogens (primary N) is 1. The third kappa shape index (κ3) is 2.34. The van der Waals surface area contributed by atoms with Crippen LogP contribution in [0.1, 0.15) is 6.42 Å². The molecule has 0 aromatic carbocycles. The summed E-state index contributed by atoms with van der Waals surface area (Å²) in [4.78, 5) is 27.5. The Hall–Kier alpha value is -1.85. The molecule has 0 saturated carbocycles. The number of carbonyl (C=O) groups excluding carboxylic acids is 2. The normalized spacial score (nSPS) is 20.1. The fraction of sp³-hybridized carbons (Fsp3) is 0.444. The standard InChI is InChI=1S/C9H14N4O2/c1-3-4-13-6(5-7(14)11-2)8(10)12-9(13)15/h3,6H,1,4-5H2,2H3,(H,11,14)(H2,10,12,15). The quantitative estimate of drug-likeness (QED) is 0.611. The molecule has 82 valence electrons. The van der Waals surface area contributed by atoms with E-state index in [0.29, 0.717) is 6.54 Å². The molecule has 3 N–H and O–H groups in total. The third-order valence-corrected chi connectivity index (χ3v) is 2.17. The van der Waals surface area contributed by atoms with Crippen molar-refractivity contribution in [3.05, 3.63) is 12.7 Å². The smallest absolute Gasteiger partial charge is 0.346 e. The van der Waals surface area contributed by atoms with Crippen LogP contribution in [-0.4, -0.2) is 42.3 Å². The van der Waals surface area contributed by atoms with Crippen LogP contribution in [0.4, 0.5) is 4.79 Å². The van der Waals surface area contributed by atoms with Gasteiger partial charge in [0.2, 0.25) is 5.91 Å². The van der Waals surface area contributed by atoms with Gasteiger partial charge in [0.1, 0.15) is 11.9 Å². The van der Waals surface area contributed by atoms with Gasteiger partial charge in [0.05, 0.1) is 6.42 Å². The molecule has 6 heteroatoms. The highest BCUT2D eigenvalue weighted by Gasteiger charge is 2.33. The topological polar surface area (TPSA) is 87.8 Å². The summed E-state index contributed by atoms with van der Waals surface area (Å²) in [5.74, 6) is 0.00682. The highest BCUT2D eigenvalue weighted by atomic mass is 16.2. The van der Waals surface area contributed by atoms with Crippen molar-refractivity contribution >= 4 is 17.8 Å². The molecule has 1 rings (SSSR count). The van der Waals surface area contributed by atoms with E-state index < -0.39 is 12.1 Å². The van der Waals surface area contributed by atoms with Crippen LogP contribution in [0.2, 0.25) is 0 Å². The predicted octanol–water partition coefficient (Wildman–Crippen LogP) is -0.530. The molecule has 6 nitrogen and oxygen atoms in total. The number of urea groups is 1. The van der Waals surface area contributed by atoms with Gasteiger partial charge in [0, 0.05) is 13.6 Å². The van der Waals surface area contributed by atoms with Gasteiger partial charge in [0.25, 0.3) is 0 Å². The van der Waals surface area contributed by atoms with Crippen LogP contribution >= 0.6 is 0 Å². The third-order valence-electron chi connectivity index (χ3n) is 2.17. The van der Waals surface area contributed by atoms with Crippen molar-refractivity contribution < 1.29 is 9.59 Å². The van der Waals surface area contributed by atoms with Gasteiger partial charge in [-0.1, -0.05) is 6.08 Å². The second-order valence-electron chi connectivity index (χ2n) is 3.15. The first-order valence-corrected chi connectivity index (χ1v) is 4.56. The molecule has 3 amide bonds. The summed E-state index contributed by atoms with van der Waals surface area (Å²) in [5, 5.41) is 2.48. The first kappa shape index (κ1) is 11.2. The van der Waals surface area contributed by atoms with E-state index in [-0.39, 0.29) is 18.2 Å². The maximum Gasteiger partial charge on any atom is 0.346 e. The molecular formula is C9H14N4O2. The molecule has 1 unspecified atom stereocenters. The van der Waals surface area contributed by atoms with Gasteiger partial charge in [-0.25, -0.2) is 4.79 Å². The van der Waals surface area contributed by atoms with Gasteiger partial charge in [-0.05, 0) is 0 Å². The lowest BCUT2D eigenvalue weighted by atomic mass is 10.1. The van der Waals surface area contributed by atoms with E-state index >= 15 is 0 Å². The zero-order chi connectivity index (χ0) is 11.4. The summed E-state index contributed by atoms with van der Waals surface area (Å²) in [6, 6.07) is -0.864. The second kappa shape index (κ2) is 4.59. The molecule has 0 aromatic heterocycles. The Balaban J connectivity index is 2.74. The molecule has 1 aliphatic heterocycles. The van der Waals surface area contributed by atoms with Crippen molar-refractivity contribution in [2.75, 3.05) is 13.6 Å². The Morgan fingerprint density at radius 2 is 2.47 bits per heavy atom. The number of hydrogen-bond donors (Lipinski definition) is 2. The number of rotatable bonds is 4. The van der Waals surface area contributed by atoms with Crippen LogP contribution in [0, 0.1) is 0 Å². The highest BCUT2D eigenvalue weighted by Crippen LogP contribution is 2.13. The fourth-order valence-corrected chi connectivity index (χ4v) is 1.38. The Morgan fingerprint density at radius 3 is 3.00 bits per heavy atom. The highest BCUT2D eigenvalue weighted by molar-refractivity contribution is 6.04. The van der Waals surface area contributed by atoms with Crippen molar-refractivity contribution in [2.45, 2.75) is 12.5 Å². The molecule has 0 fully saturated rings. The fourth-order valence-electron chi connectivity index (χ4n) is 1.38. The van der Waals surface area contributed by atoms with Crippen molar-refractivity contribution in [3.63, 3.8) is 0 Å². The Bertz CT molecular complexity index is 324. The van der Waals surface area contributed by atoms with Gasteiger partial charge in [-0.15, -0.1) is 6.58 Å². The summed E-state index contributed by atoms with van der Waals surface area (Å²) in [6.45, 7) is 3.87. The van der Waals surface area contributed by atoms with Crippen LogP contribution < -0.4 is 11.1 Å². The zero-order valence-electron chi connectivity index (χ0n) is 8.56. The summed E-state index contributed by atoms with van der Waals surface area (Å²) in [7, 11) is 1.53. The van der Waals surface area contributed by atoms with Crippen molar-refractivity contribution in [1.29, 1.82) is 0 Å². The number of nitrogens with one attached hydrogen (secondary N) is 1. The Labute approximate surface area is 87.8 Å². The Kier molecular flexibility index (Phi) is 3.43. The van der Waals surface area contributed by atoms with E-state index in [2.05, 4.69) is 16.9 Å². The zero-order valence-corrected chi connectivity index (χ0v) is 8.56. The van der Waals surface area contributed by atoms with Crippen molar-refractivity contribution in [1.82, 2.24) is 10.2 Å². The molecule has 0 bridgehead atoms. The molecule has 0 radical (unpaired) electrons. The van der Waals surface area contributed by atoms with Crippen molar-refractivity contribution in [3.8, 4) is 0 Å². The largest absolute Gasteiger partial charge is 0.385 e. The van der Waals surface area contributed by atoms with Crippen LogP contribution in [0.15, 0.2) is 17.6 Å². The molecule has 0 saturated heterocycles. The van der Waals surface area contributed by atoms with E-state index in [4.69, 9.17) is 5.73 Å². The lowest BCUT2D eigenvalue weighted by molar-refractivity contribution is -0.121. The van der Waals surface area contributed by atoms with E-state index in [9.17, 15) is 9.59 Å². The molecule has 0 aliphatic carbocycles. The number of amidine groups is 1. The number of nitrogens with zero attached hydrogens (tertiary/aromatic N) is 2. The van der Waals surface area contributed by atoms with Crippen LogP contribution in [0.5, 0.6) is 0 Å². The monoisotopic (exact) mass is 210 g/mol. The van der Waals surface area contributed by atoms with Crippen LogP contribution in [0.3, 0.4) is 0 Å². The van der Waals surface area contributed by atoms with Crippen LogP contribution in [-0.2, 0) is 4.79 Å². The molecular weight excluding hydrogens is 196 g/mol. The lowest BCUT2D eigenvalue weighted by Gasteiger charge is -2.21. The van der Waals surface area contributed by atoms with Crippen LogP contribution in [0.25, 0.3) is 0 Å². The maximum atomic E-state index is 11.3. The minimum Gasteiger partial charge on any atom is -0.385 e.